The average molecular weight is 323 g/mol. The normalized spacial score (nSPS) is 9.95. The molecule has 1 aromatic carbocycles. The molecule has 1 N–H and O–H groups in total. The summed E-state index contributed by atoms with van der Waals surface area (Å²) in [6, 6.07) is 4.24. The Morgan fingerprint density at radius 2 is 2.00 bits per heavy atom. The standard InChI is InChI=1S/C11H7BrN4O3/c12-10-8(2-1-3-9(10)16(18)19)11(17)15-7-4-13-6-14-5-7/h1-6H,(H,15,17). The van der Waals surface area contributed by atoms with Gasteiger partial charge in [-0.25, -0.2) is 9.97 Å². The predicted octanol–water partition coefficient (Wildman–Crippen LogP) is 2.40. The summed E-state index contributed by atoms with van der Waals surface area (Å²) in [5, 5.41) is 13.3. The molecule has 0 fully saturated rings. The van der Waals surface area contributed by atoms with Gasteiger partial charge in [0.2, 0.25) is 0 Å². The van der Waals surface area contributed by atoms with Crippen molar-refractivity contribution in [2.45, 2.75) is 0 Å². The van der Waals surface area contributed by atoms with Crippen LogP contribution in [0.4, 0.5) is 11.4 Å². The van der Waals surface area contributed by atoms with Crippen molar-refractivity contribution in [3.63, 3.8) is 0 Å². The van der Waals surface area contributed by atoms with Crippen molar-refractivity contribution in [1.29, 1.82) is 0 Å². The third-order valence-corrected chi connectivity index (χ3v) is 3.07. The van der Waals surface area contributed by atoms with E-state index in [1.54, 1.807) is 0 Å². The highest BCUT2D eigenvalue weighted by atomic mass is 79.9. The number of nitro benzene ring substituents is 1. The lowest BCUT2D eigenvalue weighted by atomic mass is 10.2. The number of carbonyl (C=O) groups is 1. The first-order valence-corrected chi connectivity index (χ1v) is 5.88. The molecule has 0 saturated heterocycles. The van der Waals surface area contributed by atoms with Gasteiger partial charge in [0.15, 0.2) is 0 Å². The highest BCUT2D eigenvalue weighted by Crippen LogP contribution is 2.28. The van der Waals surface area contributed by atoms with Crippen LogP contribution in [0.2, 0.25) is 0 Å². The van der Waals surface area contributed by atoms with Crippen LogP contribution in [0, 0.1) is 10.1 Å². The van der Waals surface area contributed by atoms with E-state index in [-0.39, 0.29) is 15.7 Å². The number of hydrogen-bond acceptors (Lipinski definition) is 5. The van der Waals surface area contributed by atoms with Crippen molar-refractivity contribution in [2.75, 3.05) is 5.32 Å². The summed E-state index contributed by atoms with van der Waals surface area (Å²) in [5.41, 5.74) is 0.404. The van der Waals surface area contributed by atoms with Crippen molar-refractivity contribution < 1.29 is 9.72 Å². The van der Waals surface area contributed by atoms with Crippen molar-refractivity contribution in [2.24, 2.45) is 0 Å². The van der Waals surface area contributed by atoms with Gasteiger partial charge in [-0.1, -0.05) is 6.07 Å². The molecular formula is C11H7BrN4O3. The Hall–Kier alpha value is -2.35. The number of aromatic nitrogens is 2. The number of carbonyl (C=O) groups excluding carboxylic acids is 1. The van der Waals surface area contributed by atoms with Gasteiger partial charge in [0.1, 0.15) is 10.8 Å². The van der Waals surface area contributed by atoms with E-state index in [0.717, 1.165) is 0 Å². The lowest BCUT2D eigenvalue weighted by Gasteiger charge is -2.06. The molecule has 0 aliphatic rings. The summed E-state index contributed by atoms with van der Waals surface area (Å²) in [6.07, 6.45) is 4.19. The first-order valence-electron chi connectivity index (χ1n) is 5.09. The Morgan fingerprint density at radius 1 is 1.32 bits per heavy atom. The maximum Gasteiger partial charge on any atom is 0.284 e. The Bertz CT molecular complexity index is 633. The number of hydrogen-bond donors (Lipinski definition) is 1. The number of nitrogens with zero attached hydrogens (tertiary/aromatic N) is 3. The quantitative estimate of drug-likeness (QED) is 0.691. The molecule has 0 bridgehead atoms. The van der Waals surface area contributed by atoms with E-state index in [1.807, 2.05) is 0 Å². The Balaban J connectivity index is 2.30. The van der Waals surface area contributed by atoms with E-state index in [0.29, 0.717) is 5.69 Å². The molecule has 19 heavy (non-hydrogen) atoms. The summed E-state index contributed by atoms with van der Waals surface area (Å²) in [4.78, 5) is 29.7. The fourth-order valence-corrected chi connectivity index (χ4v) is 1.99. The van der Waals surface area contributed by atoms with Gasteiger partial charge in [-0.05, 0) is 22.0 Å². The molecule has 1 aromatic heterocycles. The minimum atomic E-state index is -0.563. The van der Waals surface area contributed by atoms with Crippen molar-refractivity contribution in [3.8, 4) is 0 Å². The lowest BCUT2D eigenvalue weighted by Crippen LogP contribution is -2.13. The lowest BCUT2D eigenvalue weighted by molar-refractivity contribution is -0.385. The van der Waals surface area contributed by atoms with Crippen LogP contribution >= 0.6 is 15.9 Å². The predicted molar refractivity (Wildman–Crippen MR) is 70.8 cm³/mol. The number of nitro groups is 1. The summed E-state index contributed by atoms with van der Waals surface area (Å²) < 4.78 is 0.134. The fraction of sp³-hybridized carbons (Fsp3) is 0. The number of benzene rings is 1. The summed E-state index contributed by atoms with van der Waals surface area (Å²) in [6.45, 7) is 0. The van der Waals surface area contributed by atoms with Gasteiger partial charge < -0.3 is 5.32 Å². The molecule has 0 spiro atoms. The third-order valence-electron chi connectivity index (χ3n) is 2.24. The van der Waals surface area contributed by atoms with Gasteiger partial charge in [0.25, 0.3) is 11.6 Å². The smallest absolute Gasteiger partial charge is 0.284 e. The molecule has 2 rings (SSSR count). The number of anilines is 1. The summed E-state index contributed by atoms with van der Waals surface area (Å²) >= 11 is 3.06. The van der Waals surface area contributed by atoms with E-state index in [2.05, 4.69) is 31.2 Å². The zero-order chi connectivity index (χ0) is 13.8. The van der Waals surface area contributed by atoms with E-state index in [1.165, 1.54) is 36.9 Å². The summed E-state index contributed by atoms with van der Waals surface area (Å²) in [7, 11) is 0. The van der Waals surface area contributed by atoms with Crippen LogP contribution in [0.5, 0.6) is 0 Å². The minimum Gasteiger partial charge on any atom is -0.319 e. The Morgan fingerprint density at radius 3 is 2.63 bits per heavy atom. The van der Waals surface area contributed by atoms with E-state index >= 15 is 0 Å². The van der Waals surface area contributed by atoms with Crippen molar-refractivity contribution in [1.82, 2.24) is 9.97 Å². The van der Waals surface area contributed by atoms with Gasteiger partial charge in [0, 0.05) is 6.07 Å². The second-order valence-corrected chi connectivity index (χ2v) is 4.27. The molecule has 0 unspecified atom stereocenters. The van der Waals surface area contributed by atoms with E-state index in [4.69, 9.17) is 0 Å². The molecule has 2 aromatic rings. The third kappa shape index (κ3) is 2.91. The molecule has 96 valence electrons. The van der Waals surface area contributed by atoms with Gasteiger partial charge in [-0.15, -0.1) is 0 Å². The van der Waals surface area contributed by atoms with Crippen LogP contribution in [0.15, 0.2) is 41.4 Å². The highest BCUT2D eigenvalue weighted by Gasteiger charge is 2.19. The monoisotopic (exact) mass is 322 g/mol. The first kappa shape index (κ1) is 13.1. The van der Waals surface area contributed by atoms with E-state index < -0.39 is 10.8 Å². The molecule has 8 heteroatoms. The van der Waals surface area contributed by atoms with Gasteiger partial charge in [-0.2, -0.15) is 0 Å². The molecule has 0 aliphatic carbocycles. The SMILES string of the molecule is O=C(Nc1cncnc1)c1cccc([N+](=O)[O-])c1Br. The number of halogens is 1. The molecule has 1 heterocycles. The second kappa shape index (κ2) is 5.53. The highest BCUT2D eigenvalue weighted by molar-refractivity contribution is 9.10. The van der Waals surface area contributed by atoms with Crippen LogP contribution in [0.25, 0.3) is 0 Å². The first-order chi connectivity index (χ1) is 9.09. The number of rotatable bonds is 3. The maximum absolute atomic E-state index is 12.0. The van der Waals surface area contributed by atoms with Crippen molar-refractivity contribution >= 4 is 33.2 Å². The Kier molecular flexibility index (Phi) is 3.81. The fourth-order valence-electron chi connectivity index (χ4n) is 1.40. The number of nitrogens with one attached hydrogen (secondary N) is 1. The minimum absolute atomic E-state index is 0.134. The van der Waals surface area contributed by atoms with Crippen LogP contribution in [-0.2, 0) is 0 Å². The average Bonchev–Trinajstić information content (AvgIpc) is 2.39. The van der Waals surface area contributed by atoms with Crippen LogP contribution in [0.1, 0.15) is 10.4 Å². The molecule has 0 radical (unpaired) electrons. The zero-order valence-electron chi connectivity index (χ0n) is 9.41. The largest absolute Gasteiger partial charge is 0.319 e. The van der Waals surface area contributed by atoms with Crippen LogP contribution in [0.3, 0.4) is 0 Å². The molecular weight excluding hydrogens is 316 g/mol. The summed E-state index contributed by atoms with van der Waals surface area (Å²) in [5.74, 6) is -0.481. The van der Waals surface area contributed by atoms with Gasteiger partial charge in [0.05, 0.1) is 28.6 Å². The van der Waals surface area contributed by atoms with Gasteiger partial charge in [-0.3, -0.25) is 14.9 Å². The molecule has 0 saturated carbocycles. The van der Waals surface area contributed by atoms with Crippen LogP contribution in [-0.4, -0.2) is 20.8 Å². The molecule has 0 atom stereocenters. The molecule has 1 amide bonds. The van der Waals surface area contributed by atoms with Gasteiger partial charge >= 0.3 is 0 Å². The topological polar surface area (TPSA) is 98.0 Å². The zero-order valence-corrected chi connectivity index (χ0v) is 11.0. The molecule has 7 nitrogen and oxygen atoms in total. The second-order valence-electron chi connectivity index (χ2n) is 3.48. The van der Waals surface area contributed by atoms with E-state index in [9.17, 15) is 14.9 Å². The maximum atomic E-state index is 12.0. The van der Waals surface area contributed by atoms with Crippen molar-refractivity contribution in [3.05, 3.63) is 57.1 Å². The molecule has 0 aliphatic heterocycles. The number of amides is 1. The van der Waals surface area contributed by atoms with Crippen LogP contribution < -0.4 is 5.32 Å². The Labute approximate surface area is 116 Å².